The van der Waals surface area contributed by atoms with Gasteiger partial charge < -0.3 is 0 Å². The summed E-state index contributed by atoms with van der Waals surface area (Å²) in [6.07, 6.45) is 0. The predicted octanol–water partition coefficient (Wildman–Crippen LogP) is 3.98. The fourth-order valence-corrected chi connectivity index (χ4v) is 5.86. The number of piperazine rings is 1. The molecule has 0 aliphatic carbocycles. The zero-order valence-electron chi connectivity index (χ0n) is 12.7. The zero-order valence-corrected chi connectivity index (χ0v) is 16.7. The molecule has 0 N–H and O–H groups in total. The molecule has 132 valence electrons. The normalized spacial score (nSPS) is 16.8. The first-order valence-electron chi connectivity index (χ1n) is 7.17. The van der Waals surface area contributed by atoms with E-state index in [9.17, 15) is 8.42 Å². The summed E-state index contributed by atoms with van der Waals surface area (Å²) in [7, 11) is -3.42. The Hall–Kier alpha value is -0.340. The van der Waals surface area contributed by atoms with Crippen LogP contribution in [0, 0.1) is 0 Å². The molecule has 1 aromatic heterocycles. The highest BCUT2D eigenvalue weighted by molar-refractivity contribution is 7.91. The topological polar surface area (TPSA) is 40.6 Å². The highest BCUT2D eigenvalue weighted by Crippen LogP contribution is 2.28. The van der Waals surface area contributed by atoms with Crippen LogP contribution in [0.1, 0.15) is 5.56 Å². The SMILES string of the molecule is Cl.O=S(=O)(c1ccc(Cl)s1)N1CCN(Cc2cccc(Cl)c2)CC1. The average Bonchev–Trinajstić information content (AvgIpc) is 2.95. The van der Waals surface area contributed by atoms with Crippen molar-refractivity contribution in [1.82, 2.24) is 9.21 Å². The van der Waals surface area contributed by atoms with Crippen LogP contribution in [0.3, 0.4) is 0 Å². The molecular formula is C15H17Cl3N2O2S2. The molecule has 1 aliphatic rings. The fourth-order valence-electron chi connectivity index (χ4n) is 2.59. The van der Waals surface area contributed by atoms with Gasteiger partial charge in [0.05, 0.1) is 4.34 Å². The summed E-state index contributed by atoms with van der Waals surface area (Å²) in [6, 6.07) is 10.9. The van der Waals surface area contributed by atoms with Crippen molar-refractivity contribution >= 4 is 57.0 Å². The van der Waals surface area contributed by atoms with Crippen molar-refractivity contribution in [3.63, 3.8) is 0 Å². The zero-order chi connectivity index (χ0) is 16.4. The van der Waals surface area contributed by atoms with Crippen molar-refractivity contribution < 1.29 is 8.42 Å². The summed E-state index contributed by atoms with van der Waals surface area (Å²) in [5, 5.41) is 0.721. The van der Waals surface area contributed by atoms with Crippen molar-refractivity contribution in [2.24, 2.45) is 0 Å². The molecule has 1 aromatic carbocycles. The van der Waals surface area contributed by atoms with Crippen LogP contribution < -0.4 is 0 Å². The molecule has 0 spiro atoms. The fraction of sp³-hybridized carbons (Fsp3) is 0.333. The maximum Gasteiger partial charge on any atom is 0.252 e. The van der Waals surface area contributed by atoms with Crippen LogP contribution in [-0.2, 0) is 16.6 Å². The van der Waals surface area contributed by atoms with Gasteiger partial charge in [0.25, 0.3) is 10.0 Å². The summed E-state index contributed by atoms with van der Waals surface area (Å²) in [5.74, 6) is 0. The van der Waals surface area contributed by atoms with Gasteiger partial charge in [0.2, 0.25) is 0 Å². The third kappa shape index (κ3) is 4.64. The van der Waals surface area contributed by atoms with Gasteiger partial charge in [0, 0.05) is 37.7 Å². The standard InChI is InChI=1S/C15H16Cl2N2O2S2.ClH/c16-13-3-1-2-12(10-13)11-18-6-8-19(9-7-18)23(20,21)15-5-4-14(17)22-15;/h1-5,10H,6-9,11H2;1H. The molecule has 1 fully saturated rings. The first-order valence-corrected chi connectivity index (χ1v) is 10.2. The molecule has 0 atom stereocenters. The highest BCUT2D eigenvalue weighted by Gasteiger charge is 2.29. The van der Waals surface area contributed by atoms with Crippen LogP contribution in [0.2, 0.25) is 9.36 Å². The van der Waals surface area contributed by atoms with Gasteiger partial charge in [-0.25, -0.2) is 8.42 Å². The lowest BCUT2D eigenvalue weighted by molar-refractivity contribution is 0.182. The van der Waals surface area contributed by atoms with E-state index in [1.807, 2.05) is 24.3 Å². The Balaban J connectivity index is 0.00000208. The molecule has 0 amide bonds. The van der Waals surface area contributed by atoms with Crippen molar-refractivity contribution in [3.05, 3.63) is 51.3 Å². The minimum absolute atomic E-state index is 0. The van der Waals surface area contributed by atoms with Crippen LogP contribution in [0.5, 0.6) is 0 Å². The second kappa shape index (κ2) is 8.36. The Bertz CT molecular complexity index is 788. The van der Waals surface area contributed by atoms with Crippen LogP contribution in [0.25, 0.3) is 0 Å². The minimum Gasteiger partial charge on any atom is -0.296 e. The molecule has 0 saturated carbocycles. The van der Waals surface area contributed by atoms with E-state index < -0.39 is 10.0 Å². The summed E-state index contributed by atoms with van der Waals surface area (Å²) in [6.45, 7) is 3.14. The maximum atomic E-state index is 12.6. The van der Waals surface area contributed by atoms with E-state index in [1.54, 1.807) is 12.1 Å². The quantitative estimate of drug-likeness (QED) is 0.741. The lowest BCUT2D eigenvalue weighted by atomic mass is 10.2. The summed E-state index contributed by atoms with van der Waals surface area (Å²) < 4.78 is 27.4. The van der Waals surface area contributed by atoms with Crippen molar-refractivity contribution in [3.8, 4) is 0 Å². The Morgan fingerprint density at radius 3 is 2.33 bits per heavy atom. The summed E-state index contributed by atoms with van der Waals surface area (Å²) in [4.78, 5) is 2.24. The van der Waals surface area contributed by atoms with E-state index >= 15 is 0 Å². The first-order chi connectivity index (χ1) is 10.9. The maximum absolute atomic E-state index is 12.6. The number of thiophene rings is 1. The number of benzene rings is 1. The number of hydrogen-bond acceptors (Lipinski definition) is 4. The van der Waals surface area contributed by atoms with Gasteiger partial charge in [0.1, 0.15) is 4.21 Å². The summed E-state index contributed by atoms with van der Waals surface area (Å²) in [5.41, 5.74) is 1.14. The van der Waals surface area contributed by atoms with Crippen LogP contribution in [0.15, 0.2) is 40.6 Å². The number of nitrogens with zero attached hydrogens (tertiary/aromatic N) is 2. The van der Waals surface area contributed by atoms with E-state index in [1.165, 1.54) is 4.31 Å². The molecule has 2 heterocycles. The van der Waals surface area contributed by atoms with Gasteiger partial charge in [-0.1, -0.05) is 35.3 Å². The van der Waals surface area contributed by atoms with Crippen LogP contribution in [-0.4, -0.2) is 43.8 Å². The number of rotatable bonds is 4. The minimum atomic E-state index is -3.42. The number of halogens is 3. The molecule has 9 heteroatoms. The molecule has 0 bridgehead atoms. The molecule has 2 aromatic rings. The number of sulfonamides is 1. The molecule has 1 aliphatic heterocycles. The van der Waals surface area contributed by atoms with Gasteiger partial charge in [-0.05, 0) is 29.8 Å². The molecule has 0 unspecified atom stereocenters. The third-order valence-corrected chi connectivity index (χ3v) is 7.60. The van der Waals surface area contributed by atoms with Gasteiger partial charge in [-0.15, -0.1) is 23.7 Å². The average molecular weight is 428 g/mol. The van der Waals surface area contributed by atoms with Crippen molar-refractivity contribution in [2.45, 2.75) is 10.8 Å². The lowest BCUT2D eigenvalue weighted by Crippen LogP contribution is -2.48. The second-order valence-corrected chi connectivity index (χ2v) is 9.68. The van der Waals surface area contributed by atoms with E-state index in [-0.39, 0.29) is 12.4 Å². The Morgan fingerprint density at radius 2 is 1.75 bits per heavy atom. The Morgan fingerprint density at radius 1 is 1.04 bits per heavy atom. The van der Waals surface area contributed by atoms with Crippen molar-refractivity contribution in [2.75, 3.05) is 26.2 Å². The van der Waals surface area contributed by atoms with Gasteiger partial charge in [0.15, 0.2) is 0 Å². The molecule has 24 heavy (non-hydrogen) atoms. The van der Waals surface area contributed by atoms with Crippen LogP contribution in [0.4, 0.5) is 0 Å². The third-order valence-electron chi connectivity index (χ3n) is 3.77. The van der Waals surface area contributed by atoms with Crippen molar-refractivity contribution in [1.29, 1.82) is 0 Å². The lowest BCUT2D eigenvalue weighted by Gasteiger charge is -2.33. The van der Waals surface area contributed by atoms with E-state index in [0.717, 1.165) is 28.5 Å². The summed E-state index contributed by atoms with van der Waals surface area (Å²) >= 11 is 12.9. The van der Waals surface area contributed by atoms with Crippen LogP contribution >= 0.6 is 46.9 Å². The smallest absolute Gasteiger partial charge is 0.252 e. The predicted molar refractivity (Wildman–Crippen MR) is 102 cm³/mol. The molecular weight excluding hydrogens is 411 g/mol. The molecule has 4 nitrogen and oxygen atoms in total. The Labute approximate surface area is 162 Å². The van der Waals surface area contributed by atoms with Gasteiger partial charge in [-0.3, -0.25) is 4.90 Å². The van der Waals surface area contributed by atoms with Gasteiger partial charge in [-0.2, -0.15) is 4.31 Å². The van der Waals surface area contributed by atoms with E-state index in [2.05, 4.69) is 4.90 Å². The molecule has 1 saturated heterocycles. The van der Waals surface area contributed by atoms with Gasteiger partial charge >= 0.3 is 0 Å². The first kappa shape index (κ1) is 20.0. The number of hydrogen-bond donors (Lipinski definition) is 0. The molecule has 3 rings (SSSR count). The monoisotopic (exact) mass is 426 g/mol. The van der Waals surface area contributed by atoms with E-state index in [4.69, 9.17) is 23.2 Å². The Kier molecular flexibility index (Phi) is 6.96. The molecule has 0 radical (unpaired) electrons. The van der Waals surface area contributed by atoms with E-state index in [0.29, 0.717) is 34.7 Å². The highest BCUT2D eigenvalue weighted by atomic mass is 35.5. The second-order valence-electron chi connectivity index (χ2n) is 5.37. The largest absolute Gasteiger partial charge is 0.296 e.